The van der Waals surface area contributed by atoms with Crippen LogP contribution in [0.5, 0.6) is 0 Å². The van der Waals surface area contributed by atoms with Gasteiger partial charge < -0.3 is 15.0 Å². The van der Waals surface area contributed by atoms with Crippen LogP contribution in [0.3, 0.4) is 0 Å². The Morgan fingerprint density at radius 1 is 1.00 bits per heavy atom. The van der Waals surface area contributed by atoms with Crippen molar-refractivity contribution in [2.24, 2.45) is 0 Å². The molecule has 0 aliphatic carbocycles. The molecule has 0 aromatic heterocycles. The number of hydrogen-bond acceptors (Lipinski definition) is 3. The van der Waals surface area contributed by atoms with E-state index in [0.717, 1.165) is 11.1 Å². The molecule has 2 aromatic rings. The van der Waals surface area contributed by atoms with E-state index in [4.69, 9.17) is 4.74 Å². The van der Waals surface area contributed by atoms with Gasteiger partial charge in [-0.2, -0.15) is 0 Å². The third-order valence-corrected chi connectivity index (χ3v) is 3.95. The van der Waals surface area contributed by atoms with Crippen molar-refractivity contribution in [3.8, 4) is 0 Å². The topological polar surface area (TPSA) is 58.6 Å². The van der Waals surface area contributed by atoms with Crippen LogP contribution in [0, 0.1) is 0 Å². The number of rotatable bonds is 5. The van der Waals surface area contributed by atoms with E-state index in [0.29, 0.717) is 26.1 Å². The summed E-state index contributed by atoms with van der Waals surface area (Å²) in [5.41, 5.74) is 2.08. The second kappa shape index (κ2) is 7.64. The number of hydrogen-bond donors (Lipinski definition) is 1. The van der Waals surface area contributed by atoms with E-state index in [2.05, 4.69) is 5.32 Å². The summed E-state index contributed by atoms with van der Waals surface area (Å²) in [5.74, 6) is -0.359. The molecule has 0 bridgehead atoms. The van der Waals surface area contributed by atoms with Gasteiger partial charge in [0.25, 0.3) is 0 Å². The van der Waals surface area contributed by atoms with Crippen molar-refractivity contribution in [1.82, 2.24) is 10.2 Å². The number of benzene rings is 2. The van der Waals surface area contributed by atoms with Crippen molar-refractivity contribution >= 4 is 12.0 Å². The van der Waals surface area contributed by atoms with Gasteiger partial charge in [0.2, 0.25) is 0 Å². The Labute approximate surface area is 141 Å². The lowest BCUT2D eigenvalue weighted by Gasteiger charge is -2.24. The van der Waals surface area contributed by atoms with Crippen molar-refractivity contribution < 1.29 is 14.3 Å². The van der Waals surface area contributed by atoms with Gasteiger partial charge in [-0.05, 0) is 11.1 Å². The van der Waals surface area contributed by atoms with Gasteiger partial charge in [-0.25, -0.2) is 9.59 Å². The van der Waals surface area contributed by atoms with E-state index < -0.39 is 6.04 Å². The Morgan fingerprint density at radius 2 is 1.54 bits per heavy atom. The van der Waals surface area contributed by atoms with Crippen LogP contribution in [-0.2, 0) is 22.6 Å². The van der Waals surface area contributed by atoms with Gasteiger partial charge in [-0.3, -0.25) is 0 Å². The van der Waals surface area contributed by atoms with Crippen molar-refractivity contribution in [2.45, 2.75) is 25.6 Å². The average Bonchev–Trinajstić information content (AvgIpc) is 3.01. The maximum atomic E-state index is 12.7. The fraction of sp³-hybridized carbons (Fsp3) is 0.263. The van der Waals surface area contributed by atoms with E-state index in [9.17, 15) is 9.59 Å². The zero-order valence-corrected chi connectivity index (χ0v) is 13.4. The molecule has 0 saturated carbocycles. The lowest BCUT2D eigenvalue weighted by molar-refractivity contribution is -0.139. The van der Waals surface area contributed by atoms with Crippen LogP contribution < -0.4 is 5.32 Å². The Kier molecular flexibility index (Phi) is 5.11. The Bertz CT molecular complexity index is 647. The first-order chi connectivity index (χ1) is 11.7. The van der Waals surface area contributed by atoms with Gasteiger partial charge in [0, 0.05) is 19.5 Å². The van der Waals surface area contributed by atoms with Gasteiger partial charge in [0.05, 0.1) is 6.61 Å². The van der Waals surface area contributed by atoms with Crippen LogP contribution in [0.4, 0.5) is 4.79 Å². The van der Waals surface area contributed by atoms with E-state index in [1.54, 1.807) is 4.90 Å². The van der Waals surface area contributed by atoms with E-state index in [1.165, 1.54) is 0 Å². The number of esters is 1. The van der Waals surface area contributed by atoms with Crippen molar-refractivity contribution in [3.63, 3.8) is 0 Å². The van der Waals surface area contributed by atoms with Gasteiger partial charge in [0.15, 0.2) is 0 Å². The Hall–Kier alpha value is -2.82. The summed E-state index contributed by atoms with van der Waals surface area (Å²) < 4.78 is 4.91. The van der Waals surface area contributed by atoms with E-state index in [1.807, 2.05) is 60.7 Å². The van der Waals surface area contributed by atoms with Crippen LogP contribution in [0.2, 0.25) is 0 Å². The third kappa shape index (κ3) is 4.13. The number of nitrogens with zero attached hydrogens (tertiary/aromatic N) is 1. The predicted molar refractivity (Wildman–Crippen MR) is 90.0 cm³/mol. The molecule has 24 heavy (non-hydrogen) atoms. The van der Waals surface area contributed by atoms with Crippen LogP contribution in [0.15, 0.2) is 60.7 Å². The summed E-state index contributed by atoms with van der Waals surface area (Å²) in [5, 5.41) is 2.78. The molecule has 3 rings (SSSR count). The largest absolute Gasteiger partial charge is 0.464 e. The molecule has 2 aromatic carbocycles. The highest BCUT2D eigenvalue weighted by atomic mass is 16.5. The monoisotopic (exact) mass is 324 g/mol. The van der Waals surface area contributed by atoms with Crippen LogP contribution >= 0.6 is 0 Å². The molecule has 1 aliphatic rings. The summed E-state index contributed by atoms with van der Waals surface area (Å²) in [6.45, 7) is 1.31. The number of urea groups is 1. The molecule has 1 saturated heterocycles. The normalized spacial score (nSPS) is 16.5. The number of ether oxygens (including phenoxy) is 1. The highest BCUT2D eigenvalue weighted by Gasteiger charge is 2.29. The highest BCUT2D eigenvalue weighted by molar-refractivity contribution is 5.84. The highest BCUT2D eigenvalue weighted by Crippen LogP contribution is 2.12. The summed E-state index contributed by atoms with van der Waals surface area (Å²) in [4.78, 5) is 26.0. The van der Waals surface area contributed by atoms with Crippen molar-refractivity contribution in [3.05, 3.63) is 71.8 Å². The van der Waals surface area contributed by atoms with Gasteiger partial charge in [-0.1, -0.05) is 60.7 Å². The quantitative estimate of drug-likeness (QED) is 0.860. The second-order valence-corrected chi connectivity index (χ2v) is 5.79. The van der Waals surface area contributed by atoms with E-state index >= 15 is 0 Å². The van der Waals surface area contributed by atoms with Crippen molar-refractivity contribution in [2.75, 3.05) is 6.61 Å². The molecule has 0 spiro atoms. The molecule has 1 N–H and O–H groups in total. The number of carbonyl (C=O) groups is 2. The maximum absolute atomic E-state index is 12.7. The summed E-state index contributed by atoms with van der Waals surface area (Å²) in [7, 11) is 0. The number of cyclic esters (lactones) is 1. The summed E-state index contributed by atoms with van der Waals surface area (Å²) in [6.07, 6.45) is 0.523. The minimum atomic E-state index is -0.549. The Morgan fingerprint density at radius 3 is 2.00 bits per heavy atom. The molecule has 5 heteroatoms. The molecule has 124 valence electrons. The fourth-order valence-corrected chi connectivity index (χ4v) is 2.67. The van der Waals surface area contributed by atoms with Gasteiger partial charge >= 0.3 is 12.0 Å². The molecule has 1 fully saturated rings. The third-order valence-electron chi connectivity index (χ3n) is 3.95. The standard InChI is InChI=1S/C19H20N2O3/c22-18-17(11-12-24-18)20-19(23)21(13-15-7-3-1-4-8-15)14-16-9-5-2-6-10-16/h1-10,17H,11-14H2,(H,20,23)/t17-/m0/s1. The first kappa shape index (κ1) is 16.1. The van der Waals surface area contributed by atoms with Crippen LogP contribution in [0.25, 0.3) is 0 Å². The minimum absolute atomic E-state index is 0.258. The number of amides is 2. The van der Waals surface area contributed by atoms with E-state index in [-0.39, 0.29) is 12.0 Å². The lowest BCUT2D eigenvalue weighted by Crippen LogP contribution is -2.45. The molecule has 0 radical (unpaired) electrons. The predicted octanol–water partition coefficient (Wildman–Crippen LogP) is 2.71. The lowest BCUT2D eigenvalue weighted by atomic mass is 10.1. The van der Waals surface area contributed by atoms with Crippen LogP contribution in [-0.4, -0.2) is 29.5 Å². The first-order valence-electron chi connectivity index (χ1n) is 8.02. The molecule has 1 aliphatic heterocycles. The molecule has 5 nitrogen and oxygen atoms in total. The fourth-order valence-electron chi connectivity index (χ4n) is 2.67. The molecule has 0 unspecified atom stereocenters. The van der Waals surface area contributed by atoms with Crippen molar-refractivity contribution in [1.29, 1.82) is 0 Å². The minimum Gasteiger partial charge on any atom is -0.464 e. The molecule has 2 amide bonds. The zero-order valence-electron chi connectivity index (χ0n) is 13.4. The Balaban J connectivity index is 1.73. The summed E-state index contributed by atoms with van der Waals surface area (Å²) >= 11 is 0. The SMILES string of the molecule is O=C1OCC[C@@H]1NC(=O)N(Cc1ccccc1)Cc1ccccc1. The van der Waals surface area contributed by atoms with Gasteiger partial charge in [0.1, 0.15) is 6.04 Å². The smallest absolute Gasteiger partial charge is 0.328 e. The number of carbonyl (C=O) groups excluding carboxylic acids is 2. The molecular weight excluding hydrogens is 304 g/mol. The zero-order chi connectivity index (χ0) is 16.8. The average molecular weight is 324 g/mol. The van der Waals surface area contributed by atoms with Gasteiger partial charge in [-0.15, -0.1) is 0 Å². The molecular formula is C19H20N2O3. The molecule has 1 atom stereocenters. The molecule has 1 heterocycles. The number of nitrogens with one attached hydrogen (secondary N) is 1. The maximum Gasteiger partial charge on any atom is 0.328 e. The first-order valence-corrected chi connectivity index (χ1v) is 8.02. The van der Waals surface area contributed by atoms with Crippen LogP contribution in [0.1, 0.15) is 17.5 Å². The summed E-state index contributed by atoms with van der Waals surface area (Å²) in [6, 6.07) is 18.8. The second-order valence-electron chi connectivity index (χ2n) is 5.79.